The SMILES string of the molecule is C=CCn1c(=O)c2cnc(Nc3ccc(N4CCC5(CCN(C)CC5)CC4)cc3)nc2n1-c1cccc(C(=O)OCC)n1. The van der Waals surface area contributed by atoms with Crippen LogP contribution in [-0.4, -0.2) is 75.0 Å². The number of rotatable bonds is 8. The molecule has 2 fully saturated rings. The molecule has 5 heterocycles. The maximum Gasteiger partial charge on any atom is 0.356 e. The van der Waals surface area contributed by atoms with Gasteiger partial charge in [0.1, 0.15) is 5.39 Å². The molecule has 2 saturated heterocycles. The van der Waals surface area contributed by atoms with E-state index in [9.17, 15) is 9.59 Å². The van der Waals surface area contributed by atoms with Crippen LogP contribution in [0, 0.1) is 5.41 Å². The molecule has 11 heteroatoms. The zero-order chi connectivity index (χ0) is 30.0. The summed E-state index contributed by atoms with van der Waals surface area (Å²) in [7, 11) is 2.22. The van der Waals surface area contributed by atoms with Gasteiger partial charge in [-0.15, -0.1) is 6.58 Å². The Bertz CT molecular complexity index is 1680. The molecule has 0 aliphatic carbocycles. The van der Waals surface area contributed by atoms with Gasteiger partial charge in [0, 0.05) is 30.7 Å². The van der Waals surface area contributed by atoms with Gasteiger partial charge in [-0.25, -0.2) is 24.1 Å². The van der Waals surface area contributed by atoms with Crippen molar-refractivity contribution in [2.45, 2.75) is 39.2 Å². The van der Waals surface area contributed by atoms with Gasteiger partial charge in [0.25, 0.3) is 5.56 Å². The van der Waals surface area contributed by atoms with Crippen molar-refractivity contribution in [1.82, 2.24) is 29.2 Å². The van der Waals surface area contributed by atoms with Gasteiger partial charge in [-0.3, -0.25) is 4.79 Å². The first-order valence-electron chi connectivity index (χ1n) is 14.9. The zero-order valence-electron chi connectivity index (χ0n) is 24.8. The third-order valence-electron chi connectivity index (χ3n) is 8.77. The van der Waals surface area contributed by atoms with E-state index in [0.29, 0.717) is 28.2 Å². The number of fused-ring (bicyclic) bond motifs is 1. The monoisotopic (exact) mass is 582 g/mol. The van der Waals surface area contributed by atoms with Crippen LogP contribution in [0.1, 0.15) is 43.1 Å². The first-order valence-corrected chi connectivity index (χ1v) is 14.9. The molecule has 224 valence electrons. The molecule has 2 aliphatic rings. The minimum absolute atomic E-state index is 0.140. The minimum atomic E-state index is -0.537. The normalized spacial score (nSPS) is 16.8. The fraction of sp³-hybridized carbons (Fsp3) is 0.406. The van der Waals surface area contributed by atoms with Crippen LogP contribution < -0.4 is 15.8 Å². The van der Waals surface area contributed by atoms with Crippen LogP contribution in [-0.2, 0) is 11.3 Å². The maximum absolute atomic E-state index is 13.3. The molecule has 11 nitrogen and oxygen atoms in total. The zero-order valence-corrected chi connectivity index (χ0v) is 24.8. The van der Waals surface area contributed by atoms with Crippen LogP contribution in [0.25, 0.3) is 16.9 Å². The van der Waals surface area contributed by atoms with Crippen molar-refractivity contribution in [2.75, 3.05) is 50.1 Å². The van der Waals surface area contributed by atoms with Gasteiger partial charge < -0.3 is 19.9 Å². The van der Waals surface area contributed by atoms with Crippen molar-refractivity contribution in [3.8, 4) is 5.82 Å². The predicted molar refractivity (Wildman–Crippen MR) is 167 cm³/mol. The average Bonchev–Trinajstić information content (AvgIpc) is 3.30. The standard InChI is InChI=1S/C32H38N8O3/c1-4-17-39-29(41)25-22-33-31(36-28(25)40(39)27-8-6-7-26(35-27)30(42)43-5-2)34-23-9-11-24(12-10-23)38-20-15-32(16-21-38)13-18-37(3)19-14-32/h4,6-12,22H,1,5,13-21H2,2-3H3,(H,33,34,36). The number of esters is 1. The maximum atomic E-state index is 13.3. The first kappa shape index (κ1) is 28.6. The van der Waals surface area contributed by atoms with E-state index in [-0.39, 0.29) is 24.4 Å². The number of anilines is 3. The number of hydrogen-bond acceptors (Lipinski definition) is 9. The average molecular weight is 583 g/mol. The van der Waals surface area contributed by atoms with E-state index in [1.165, 1.54) is 55.3 Å². The van der Waals surface area contributed by atoms with Crippen LogP contribution in [0.2, 0.25) is 0 Å². The minimum Gasteiger partial charge on any atom is -0.461 e. The van der Waals surface area contributed by atoms with Gasteiger partial charge in [-0.2, -0.15) is 4.98 Å². The van der Waals surface area contributed by atoms with E-state index in [0.717, 1.165) is 18.8 Å². The number of piperidine rings is 2. The Kier molecular flexibility index (Phi) is 7.98. The summed E-state index contributed by atoms with van der Waals surface area (Å²) in [5.41, 5.74) is 2.80. The topological polar surface area (TPSA) is 110 Å². The summed E-state index contributed by atoms with van der Waals surface area (Å²) in [6.45, 7) is 10.6. The van der Waals surface area contributed by atoms with Crippen molar-refractivity contribution in [1.29, 1.82) is 0 Å². The van der Waals surface area contributed by atoms with Crippen LogP contribution in [0.3, 0.4) is 0 Å². The van der Waals surface area contributed by atoms with Crippen LogP contribution in [0.4, 0.5) is 17.3 Å². The second-order valence-corrected chi connectivity index (χ2v) is 11.5. The predicted octanol–water partition coefficient (Wildman–Crippen LogP) is 4.40. The molecular weight excluding hydrogens is 544 g/mol. The molecule has 4 aromatic rings. The molecule has 0 bridgehead atoms. The Morgan fingerprint density at radius 2 is 1.77 bits per heavy atom. The van der Waals surface area contributed by atoms with E-state index in [1.54, 1.807) is 35.9 Å². The van der Waals surface area contributed by atoms with Gasteiger partial charge in [0.15, 0.2) is 17.2 Å². The van der Waals surface area contributed by atoms with E-state index >= 15 is 0 Å². The van der Waals surface area contributed by atoms with E-state index in [1.807, 2.05) is 12.1 Å². The number of benzene rings is 1. The molecule has 6 rings (SSSR count). The van der Waals surface area contributed by atoms with Crippen LogP contribution in [0.15, 0.2) is 66.1 Å². The molecule has 1 spiro atoms. The molecule has 0 amide bonds. The summed E-state index contributed by atoms with van der Waals surface area (Å²) in [5.74, 6) is 0.162. The molecule has 1 N–H and O–H groups in total. The second kappa shape index (κ2) is 12.0. The molecule has 3 aromatic heterocycles. The lowest BCUT2D eigenvalue weighted by atomic mass is 9.71. The van der Waals surface area contributed by atoms with Gasteiger partial charge in [-0.05, 0) is 94.6 Å². The van der Waals surface area contributed by atoms with E-state index < -0.39 is 5.97 Å². The molecule has 2 aliphatic heterocycles. The number of ether oxygens (including phenoxy) is 1. The highest BCUT2D eigenvalue weighted by atomic mass is 16.5. The van der Waals surface area contributed by atoms with Crippen molar-refractivity contribution in [2.24, 2.45) is 5.41 Å². The van der Waals surface area contributed by atoms with Gasteiger partial charge in [-0.1, -0.05) is 12.1 Å². The number of hydrogen-bond donors (Lipinski definition) is 1. The lowest BCUT2D eigenvalue weighted by Crippen LogP contribution is -2.46. The number of nitrogens with one attached hydrogen (secondary N) is 1. The first-order chi connectivity index (χ1) is 20.9. The summed E-state index contributed by atoms with van der Waals surface area (Å²) in [5, 5.41) is 3.61. The highest BCUT2D eigenvalue weighted by molar-refractivity contribution is 5.87. The summed E-state index contributed by atoms with van der Waals surface area (Å²) in [6.07, 6.45) is 8.25. The number of allylic oxidation sites excluding steroid dienone is 1. The smallest absolute Gasteiger partial charge is 0.356 e. The Balaban J connectivity index is 1.23. The number of aromatic nitrogens is 5. The lowest BCUT2D eigenvalue weighted by molar-refractivity contribution is 0.0519. The fourth-order valence-corrected chi connectivity index (χ4v) is 6.19. The van der Waals surface area contributed by atoms with Gasteiger partial charge >= 0.3 is 5.97 Å². The molecule has 43 heavy (non-hydrogen) atoms. The summed E-state index contributed by atoms with van der Waals surface area (Å²) in [6, 6.07) is 13.3. The Morgan fingerprint density at radius 1 is 1.05 bits per heavy atom. The third kappa shape index (κ3) is 5.77. The molecular formula is C32H38N8O3. The number of carbonyl (C=O) groups is 1. The Labute approximate surface area is 250 Å². The number of pyridine rings is 1. The number of likely N-dealkylation sites (tertiary alicyclic amines) is 1. The van der Waals surface area contributed by atoms with Crippen molar-refractivity contribution >= 4 is 34.3 Å². The molecule has 0 saturated carbocycles. The van der Waals surface area contributed by atoms with Crippen molar-refractivity contribution < 1.29 is 9.53 Å². The quantitative estimate of drug-likeness (QED) is 0.239. The van der Waals surface area contributed by atoms with Crippen LogP contribution >= 0.6 is 0 Å². The summed E-state index contributed by atoms with van der Waals surface area (Å²) in [4.78, 5) is 44.2. The molecule has 0 unspecified atom stereocenters. The fourth-order valence-electron chi connectivity index (χ4n) is 6.19. The van der Waals surface area contributed by atoms with Gasteiger partial charge in [0.05, 0.1) is 13.2 Å². The van der Waals surface area contributed by atoms with Crippen molar-refractivity contribution in [3.63, 3.8) is 0 Å². The highest BCUT2D eigenvalue weighted by Gasteiger charge is 2.36. The summed E-state index contributed by atoms with van der Waals surface area (Å²) >= 11 is 0. The molecule has 0 radical (unpaired) electrons. The number of nitrogens with zero attached hydrogens (tertiary/aromatic N) is 7. The Hall–Kier alpha value is -4.51. The number of carbonyl (C=O) groups excluding carboxylic acids is 1. The molecule has 1 aromatic carbocycles. The summed E-state index contributed by atoms with van der Waals surface area (Å²) < 4.78 is 8.17. The van der Waals surface area contributed by atoms with E-state index in [4.69, 9.17) is 9.72 Å². The largest absolute Gasteiger partial charge is 0.461 e. The lowest BCUT2D eigenvalue weighted by Gasteiger charge is -2.46. The molecule has 0 atom stereocenters. The van der Waals surface area contributed by atoms with E-state index in [2.05, 4.69) is 50.8 Å². The van der Waals surface area contributed by atoms with Gasteiger partial charge in [0.2, 0.25) is 5.95 Å². The van der Waals surface area contributed by atoms with Crippen molar-refractivity contribution in [3.05, 3.63) is 77.4 Å². The second-order valence-electron chi connectivity index (χ2n) is 11.5. The Morgan fingerprint density at radius 3 is 2.47 bits per heavy atom. The highest BCUT2D eigenvalue weighted by Crippen LogP contribution is 2.42. The third-order valence-corrected chi connectivity index (χ3v) is 8.77. The van der Waals surface area contributed by atoms with Crippen LogP contribution in [0.5, 0.6) is 0 Å².